The van der Waals surface area contributed by atoms with Crippen LogP contribution in [0.25, 0.3) is 0 Å². The van der Waals surface area contributed by atoms with E-state index in [-0.39, 0.29) is 0 Å². The van der Waals surface area contributed by atoms with Crippen LogP contribution in [0.3, 0.4) is 0 Å². The molecular formula is C16H29N. The minimum absolute atomic E-state index is 0.781. The van der Waals surface area contributed by atoms with Gasteiger partial charge in [-0.2, -0.15) is 0 Å². The monoisotopic (exact) mass is 235 g/mol. The lowest BCUT2D eigenvalue weighted by Crippen LogP contribution is -2.38. The summed E-state index contributed by atoms with van der Waals surface area (Å²) in [6.07, 6.45) is 13.5. The fraction of sp³-hybridized carbons (Fsp3) is 1.00. The largest absolute Gasteiger partial charge is 0.302 e. The van der Waals surface area contributed by atoms with E-state index >= 15 is 0 Å². The summed E-state index contributed by atoms with van der Waals surface area (Å²) in [5, 5.41) is 0. The maximum Gasteiger partial charge on any atom is 0.00413 e. The Morgan fingerprint density at radius 2 is 1.82 bits per heavy atom. The summed E-state index contributed by atoms with van der Waals surface area (Å²) < 4.78 is 0. The van der Waals surface area contributed by atoms with Crippen LogP contribution in [0, 0.1) is 17.3 Å². The van der Waals surface area contributed by atoms with Crippen molar-refractivity contribution in [3.63, 3.8) is 0 Å². The van der Waals surface area contributed by atoms with Gasteiger partial charge >= 0.3 is 0 Å². The Morgan fingerprint density at radius 3 is 2.35 bits per heavy atom. The summed E-state index contributed by atoms with van der Waals surface area (Å²) in [6, 6.07) is 0. The molecule has 1 atom stereocenters. The highest BCUT2D eigenvalue weighted by Crippen LogP contribution is 2.52. The molecule has 0 aromatic rings. The molecule has 0 N–H and O–H groups in total. The van der Waals surface area contributed by atoms with E-state index < -0.39 is 0 Å². The Morgan fingerprint density at radius 1 is 1.06 bits per heavy atom. The summed E-state index contributed by atoms with van der Waals surface area (Å²) in [5.41, 5.74) is 0.781. The van der Waals surface area contributed by atoms with Crippen LogP contribution in [-0.4, -0.2) is 24.5 Å². The molecule has 0 radical (unpaired) electrons. The van der Waals surface area contributed by atoms with Gasteiger partial charge in [-0.25, -0.2) is 0 Å². The molecule has 0 aromatic heterocycles. The molecule has 1 heterocycles. The fourth-order valence-electron chi connectivity index (χ4n) is 4.78. The topological polar surface area (TPSA) is 3.24 Å². The predicted octanol–water partition coefficient (Wildman–Crippen LogP) is 4.08. The molecule has 1 saturated heterocycles. The Bertz CT molecular complexity index is 250. The Balaban J connectivity index is 1.55. The summed E-state index contributed by atoms with van der Waals surface area (Å²) in [4.78, 5) is 2.84. The second kappa shape index (κ2) is 4.91. The molecule has 1 nitrogen and oxygen atoms in total. The minimum atomic E-state index is 0.781. The second-order valence-corrected chi connectivity index (χ2v) is 7.02. The highest BCUT2D eigenvalue weighted by Gasteiger charge is 2.49. The maximum atomic E-state index is 2.84. The van der Waals surface area contributed by atoms with Gasteiger partial charge < -0.3 is 4.90 Å². The Kier molecular flexibility index (Phi) is 3.47. The number of likely N-dealkylation sites (tertiary alicyclic amines) is 1. The standard InChI is InChI=1S/C16H29N/c1-2-15-12-17(13-16(15)9-6-10-16)11-14-7-4-3-5-8-14/h14-15H,2-13H2,1H3. The normalized spacial score (nSPS) is 34.1. The van der Waals surface area contributed by atoms with Crippen molar-refractivity contribution in [2.75, 3.05) is 19.6 Å². The molecular weight excluding hydrogens is 206 g/mol. The first kappa shape index (κ1) is 12.0. The first-order valence-corrected chi connectivity index (χ1v) is 8.05. The van der Waals surface area contributed by atoms with E-state index in [1.54, 1.807) is 0 Å². The number of nitrogens with zero attached hydrogens (tertiary/aromatic N) is 1. The van der Waals surface area contributed by atoms with Crippen molar-refractivity contribution < 1.29 is 0 Å². The summed E-state index contributed by atoms with van der Waals surface area (Å²) in [7, 11) is 0. The Labute approximate surface area is 107 Å². The molecule has 1 unspecified atom stereocenters. The fourth-order valence-corrected chi connectivity index (χ4v) is 4.78. The van der Waals surface area contributed by atoms with Crippen LogP contribution in [0.4, 0.5) is 0 Å². The van der Waals surface area contributed by atoms with Crippen LogP contribution in [0.5, 0.6) is 0 Å². The van der Waals surface area contributed by atoms with Gasteiger partial charge in [-0.05, 0) is 42.9 Å². The van der Waals surface area contributed by atoms with Crippen molar-refractivity contribution >= 4 is 0 Å². The highest BCUT2D eigenvalue weighted by atomic mass is 15.2. The minimum Gasteiger partial charge on any atom is -0.302 e. The zero-order chi connectivity index (χ0) is 11.7. The molecule has 0 amide bonds. The molecule has 1 spiro atoms. The van der Waals surface area contributed by atoms with Crippen LogP contribution in [-0.2, 0) is 0 Å². The predicted molar refractivity (Wildman–Crippen MR) is 73.1 cm³/mol. The van der Waals surface area contributed by atoms with Crippen LogP contribution in [0.2, 0.25) is 0 Å². The molecule has 3 aliphatic rings. The van der Waals surface area contributed by atoms with Gasteiger partial charge in [0.15, 0.2) is 0 Å². The smallest absolute Gasteiger partial charge is 0.00413 e. The van der Waals surface area contributed by atoms with Gasteiger partial charge in [0, 0.05) is 19.6 Å². The number of rotatable bonds is 3. The number of hydrogen-bond acceptors (Lipinski definition) is 1. The summed E-state index contributed by atoms with van der Waals surface area (Å²) >= 11 is 0. The molecule has 0 bridgehead atoms. The van der Waals surface area contributed by atoms with E-state index in [0.717, 1.165) is 17.3 Å². The molecule has 0 aromatic carbocycles. The van der Waals surface area contributed by atoms with Gasteiger partial charge in [0.05, 0.1) is 0 Å². The van der Waals surface area contributed by atoms with Crippen LogP contribution in [0.1, 0.15) is 64.7 Å². The van der Waals surface area contributed by atoms with Gasteiger partial charge in [0.25, 0.3) is 0 Å². The zero-order valence-corrected chi connectivity index (χ0v) is 11.6. The van der Waals surface area contributed by atoms with Gasteiger partial charge in [-0.3, -0.25) is 0 Å². The summed E-state index contributed by atoms with van der Waals surface area (Å²) in [6.45, 7) is 6.71. The lowest BCUT2D eigenvalue weighted by Gasteiger charge is -2.43. The Hall–Kier alpha value is -0.0400. The lowest BCUT2D eigenvalue weighted by atomic mass is 9.62. The van der Waals surface area contributed by atoms with E-state index in [4.69, 9.17) is 0 Å². The average Bonchev–Trinajstić information content (AvgIpc) is 2.69. The highest BCUT2D eigenvalue weighted by molar-refractivity contribution is 5.01. The van der Waals surface area contributed by atoms with Crippen molar-refractivity contribution in [2.45, 2.75) is 64.7 Å². The molecule has 2 saturated carbocycles. The third kappa shape index (κ3) is 2.28. The first-order chi connectivity index (χ1) is 8.32. The van der Waals surface area contributed by atoms with Gasteiger partial charge in [-0.15, -0.1) is 0 Å². The van der Waals surface area contributed by atoms with Crippen LogP contribution in [0.15, 0.2) is 0 Å². The number of hydrogen-bond donors (Lipinski definition) is 0. The van der Waals surface area contributed by atoms with Gasteiger partial charge in [-0.1, -0.05) is 39.0 Å². The molecule has 1 aliphatic heterocycles. The van der Waals surface area contributed by atoms with E-state index in [0.29, 0.717) is 0 Å². The molecule has 17 heavy (non-hydrogen) atoms. The van der Waals surface area contributed by atoms with E-state index in [2.05, 4.69) is 11.8 Å². The second-order valence-electron chi connectivity index (χ2n) is 7.02. The maximum absolute atomic E-state index is 2.84. The van der Waals surface area contributed by atoms with Crippen LogP contribution < -0.4 is 0 Å². The van der Waals surface area contributed by atoms with Gasteiger partial charge in [0.1, 0.15) is 0 Å². The van der Waals surface area contributed by atoms with Crippen molar-refractivity contribution in [2.24, 2.45) is 17.3 Å². The quantitative estimate of drug-likeness (QED) is 0.712. The molecule has 98 valence electrons. The third-order valence-corrected chi connectivity index (χ3v) is 5.97. The zero-order valence-electron chi connectivity index (χ0n) is 11.6. The molecule has 3 fully saturated rings. The van der Waals surface area contributed by atoms with E-state index in [1.165, 1.54) is 77.4 Å². The van der Waals surface area contributed by atoms with Gasteiger partial charge in [0.2, 0.25) is 0 Å². The lowest BCUT2D eigenvalue weighted by molar-refractivity contribution is 0.0859. The van der Waals surface area contributed by atoms with Crippen molar-refractivity contribution in [3.05, 3.63) is 0 Å². The molecule has 3 rings (SSSR count). The van der Waals surface area contributed by atoms with E-state index in [1.807, 2.05) is 0 Å². The molecule has 2 aliphatic carbocycles. The van der Waals surface area contributed by atoms with Crippen molar-refractivity contribution in [3.8, 4) is 0 Å². The average molecular weight is 235 g/mol. The summed E-state index contributed by atoms with van der Waals surface area (Å²) in [5.74, 6) is 2.07. The first-order valence-electron chi connectivity index (χ1n) is 8.05. The SMILES string of the molecule is CCC1CN(CC2CCCCC2)CC12CCC2. The van der Waals surface area contributed by atoms with Crippen molar-refractivity contribution in [1.29, 1.82) is 0 Å². The third-order valence-electron chi connectivity index (χ3n) is 5.97. The van der Waals surface area contributed by atoms with E-state index in [9.17, 15) is 0 Å². The van der Waals surface area contributed by atoms with Crippen molar-refractivity contribution in [1.82, 2.24) is 4.90 Å². The van der Waals surface area contributed by atoms with Crippen LogP contribution >= 0.6 is 0 Å². The molecule has 1 heteroatoms.